The molecule has 1 aromatic heterocycles. The van der Waals surface area contributed by atoms with E-state index >= 15 is 4.39 Å². The number of hydrogen-bond donors (Lipinski definition) is 3. The molecule has 12 atom stereocenters. The lowest BCUT2D eigenvalue weighted by atomic mass is 9.75. The van der Waals surface area contributed by atoms with Crippen LogP contribution in [0, 0.1) is 11.8 Å². The first-order valence-electron chi connectivity index (χ1n) is 19.2. The van der Waals surface area contributed by atoms with E-state index in [1.807, 2.05) is 11.8 Å². The number of primary amides is 1. The van der Waals surface area contributed by atoms with Gasteiger partial charge in [0.1, 0.15) is 23.5 Å². The normalized spacial score (nSPS) is 38.9. The van der Waals surface area contributed by atoms with Gasteiger partial charge in [-0.15, -0.1) is 11.3 Å². The second-order valence-electron chi connectivity index (χ2n) is 16.2. The Morgan fingerprint density at radius 1 is 1.14 bits per heavy atom. The number of nitrogens with two attached hydrogens (primary N) is 1. The minimum Gasteiger partial charge on any atom is -0.457 e. The first kappa shape index (κ1) is 46.5. The Hall–Kier alpha value is -3.23. The van der Waals surface area contributed by atoms with E-state index in [4.69, 9.17) is 34.3 Å². The van der Waals surface area contributed by atoms with Crippen LogP contribution in [-0.2, 0) is 49.5 Å². The molecule has 0 aliphatic carbocycles. The number of alkyl halides is 1. The molecule has 0 spiro atoms. The number of rotatable bonds is 8. The number of likely N-dealkylation sites (N-methyl/N-ethyl adjacent to an activating group) is 1. The number of amides is 2. The largest absolute Gasteiger partial charge is 0.457 e. The van der Waals surface area contributed by atoms with E-state index in [1.165, 1.54) is 20.8 Å². The number of thiophene rings is 1. The average molecular weight is 827 g/mol. The molecule has 16 nitrogen and oxygen atoms in total. The number of nitrogens with zero attached hydrogens (tertiary/aromatic N) is 3. The standard InChI is InChI=1S/C39H59FN4O12S/c1-11-29-39(8,50)30-15-26(42-23(5)45)20(2)16-37(6,52-18-24(17-51-30)43-53-19-25-12-13-28(57-25)34(41)48)33(22(4)32(47)38(7,40)36(49)55-29)56-35-31(46)27(44(9)10)14-21(3)54-35/h12-13,20-22,27,29-31,33,35,46,50H,11,14-19H2,1-10H3,(H2,41,48)/b42-26?,43-24-/t20-,21-,22+,27+,29-,30-,31-,33-,35+,37-,38+,39-/m1/s1. The number of aliphatic hydroxyl groups excluding tert-OH is 1. The summed E-state index contributed by atoms with van der Waals surface area (Å²) in [4.78, 5) is 65.1. The fourth-order valence-electron chi connectivity index (χ4n) is 7.80. The van der Waals surface area contributed by atoms with Crippen LogP contribution in [0.3, 0.4) is 0 Å². The van der Waals surface area contributed by atoms with Crippen LogP contribution in [0.25, 0.3) is 0 Å². The number of ether oxygens (including phenoxy) is 5. The van der Waals surface area contributed by atoms with E-state index in [0.29, 0.717) is 21.9 Å². The quantitative estimate of drug-likeness (QED) is 0.195. The highest BCUT2D eigenvalue weighted by Crippen LogP contribution is 2.40. The van der Waals surface area contributed by atoms with E-state index in [2.05, 4.69) is 10.1 Å². The fourth-order valence-corrected chi connectivity index (χ4v) is 8.57. The summed E-state index contributed by atoms with van der Waals surface area (Å²) >= 11 is 1.13. The lowest BCUT2D eigenvalue weighted by Crippen LogP contribution is -2.61. The lowest BCUT2D eigenvalue weighted by molar-refractivity contribution is -0.296. The summed E-state index contributed by atoms with van der Waals surface area (Å²) in [5, 5.41) is 28.0. The summed E-state index contributed by atoms with van der Waals surface area (Å²) in [5.41, 5.74) is -0.942. The van der Waals surface area contributed by atoms with Crippen molar-refractivity contribution in [2.75, 3.05) is 27.3 Å². The van der Waals surface area contributed by atoms with E-state index in [-0.39, 0.29) is 44.8 Å². The molecule has 0 unspecified atom stereocenters. The zero-order valence-corrected chi connectivity index (χ0v) is 35.3. The van der Waals surface area contributed by atoms with Gasteiger partial charge in [-0.25, -0.2) is 14.2 Å². The molecule has 1 aromatic rings. The van der Waals surface area contributed by atoms with Gasteiger partial charge in [0.15, 0.2) is 18.7 Å². The van der Waals surface area contributed by atoms with Crippen LogP contribution >= 0.6 is 11.3 Å². The number of carbonyl (C=O) groups is 4. The molecule has 4 heterocycles. The molecule has 3 aliphatic heterocycles. The molecule has 0 aromatic carbocycles. The summed E-state index contributed by atoms with van der Waals surface area (Å²) in [6.07, 6.45) is -6.66. The van der Waals surface area contributed by atoms with E-state index in [0.717, 1.165) is 18.3 Å². The molecular formula is C39H59FN4O12S. The molecule has 4 N–H and O–H groups in total. The molecule has 3 aliphatic rings. The van der Waals surface area contributed by atoms with E-state index in [9.17, 15) is 29.4 Å². The third kappa shape index (κ3) is 10.9. The molecule has 0 saturated carbocycles. The zero-order chi connectivity index (χ0) is 42.6. The van der Waals surface area contributed by atoms with Crippen LogP contribution in [0.1, 0.15) is 95.6 Å². The number of hydrogen-bond acceptors (Lipinski definition) is 15. The number of fused-ring (bicyclic) bond motifs is 5. The molecular weight excluding hydrogens is 768 g/mol. The summed E-state index contributed by atoms with van der Waals surface area (Å²) in [7, 11) is 3.61. The number of Topliss-reactive ketones (excluding diaryl/α,β-unsaturated/α-hetero) is 1. The van der Waals surface area contributed by atoms with Crippen LogP contribution < -0.4 is 5.73 Å². The number of carbonyl (C=O) groups excluding carboxylic acids is 4. The van der Waals surface area contributed by atoms with Gasteiger partial charge in [-0.05, 0) is 79.1 Å². The van der Waals surface area contributed by atoms with Crippen LogP contribution in [0.4, 0.5) is 4.39 Å². The van der Waals surface area contributed by atoms with Gasteiger partial charge in [-0.2, -0.15) is 0 Å². The highest BCUT2D eigenvalue weighted by Gasteiger charge is 2.56. The Kier molecular flexibility index (Phi) is 15.3. The maximum Gasteiger partial charge on any atom is 0.351 e. The van der Waals surface area contributed by atoms with Gasteiger partial charge in [0.05, 0.1) is 42.0 Å². The molecule has 3 saturated heterocycles. The monoisotopic (exact) mass is 826 g/mol. The number of oxime groups is 1. The number of halogens is 1. The molecule has 2 amide bonds. The first-order chi connectivity index (χ1) is 26.5. The topological polar surface area (TPSA) is 218 Å². The Bertz CT molecular complexity index is 1680. The second kappa shape index (κ2) is 18.8. The minimum atomic E-state index is -3.22. The van der Waals surface area contributed by atoms with Crippen molar-refractivity contribution in [2.45, 2.75) is 147 Å². The molecule has 320 valence electrons. The van der Waals surface area contributed by atoms with Gasteiger partial charge >= 0.3 is 5.97 Å². The van der Waals surface area contributed by atoms with Crippen molar-refractivity contribution in [1.29, 1.82) is 0 Å². The van der Waals surface area contributed by atoms with E-state index in [1.54, 1.807) is 47.0 Å². The first-order valence-corrected chi connectivity index (χ1v) is 20.0. The van der Waals surface area contributed by atoms with Crippen LogP contribution in [-0.4, -0.2) is 137 Å². The van der Waals surface area contributed by atoms with Gasteiger partial charge in [0.25, 0.3) is 11.6 Å². The van der Waals surface area contributed by atoms with Crippen molar-refractivity contribution in [3.05, 3.63) is 21.9 Å². The number of ketones is 1. The number of aliphatic hydroxyl groups is 2. The number of esters is 1. The van der Waals surface area contributed by atoms with Crippen molar-refractivity contribution < 1.29 is 62.3 Å². The molecule has 18 heteroatoms. The summed E-state index contributed by atoms with van der Waals surface area (Å²) in [5.74, 6) is -5.90. The van der Waals surface area contributed by atoms with Crippen molar-refractivity contribution in [1.82, 2.24) is 4.90 Å². The summed E-state index contributed by atoms with van der Waals surface area (Å²) in [6.45, 7) is 11.0. The lowest BCUT2D eigenvalue weighted by Gasteiger charge is -2.47. The van der Waals surface area contributed by atoms with Crippen LogP contribution in [0.5, 0.6) is 0 Å². The molecule has 3 fully saturated rings. The van der Waals surface area contributed by atoms with E-state index < -0.39 is 95.1 Å². The smallest absolute Gasteiger partial charge is 0.351 e. The van der Waals surface area contributed by atoms with Crippen LogP contribution in [0.2, 0.25) is 0 Å². The van der Waals surface area contributed by atoms with Gasteiger partial charge in [-0.1, -0.05) is 25.9 Å². The maximum atomic E-state index is 16.8. The van der Waals surface area contributed by atoms with Gasteiger partial charge in [-0.3, -0.25) is 14.4 Å². The Labute approximate surface area is 337 Å². The van der Waals surface area contributed by atoms with Crippen molar-refractivity contribution in [2.24, 2.45) is 27.7 Å². The zero-order valence-electron chi connectivity index (χ0n) is 34.5. The van der Waals surface area contributed by atoms with Gasteiger partial charge in [0.2, 0.25) is 5.91 Å². The molecule has 2 bridgehead atoms. The van der Waals surface area contributed by atoms with Gasteiger partial charge < -0.3 is 49.4 Å². The maximum absolute atomic E-state index is 16.8. The highest BCUT2D eigenvalue weighted by molar-refractivity contribution is 7.14. The van der Waals surface area contributed by atoms with Gasteiger partial charge in [0, 0.05) is 35.9 Å². The second-order valence-corrected chi connectivity index (χ2v) is 17.4. The van der Waals surface area contributed by atoms with Crippen molar-refractivity contribution in [3.8, 4) is 0 Å². The summed E-state index contributed by atoms with van der Waals surface area (Å²) < 4.78 is 48.1. The Morgan fingerprint density at radius 3 is 2.42 bits per heavy atom. The third-order valence-corrected chi connectivity index (χ3v) is 12.2. The van der Waals surface area contributed by atoms with Crippen molar-refractivity contribution >= 4 is 46.3 Å². The van der Waals surface area contributed by atoms with Crippen molar-refractivity contribution in [3.63, 3.8) is 0 Å². The molecule has 0 radical (unpaired) electrons. The SMILES string of the molecule is CC[C@H]1OC(=O)[C@@](C)(F)C(=O)[C@H](C)[C@@H](O[C@@H]2O[C@H](C)C[C@H](N(C)C)[C@H]2O)[C@@]2(C)C[C@@H](C)C(=NC(C)=O)C[C@@H](OC/C(=N/OCc3ccc(C(N)=O)s3)CO2)[C@]1(C)O. The van der Waals surface area contributed by atoms with Crippen LogP contribution in [0.15, 0.2) is 22.3 Å². The third-order valence-electron chi connectivity index (χ3n) is 11.1. The predicted octanol–water partition coefficient (Wildman–Crippen LogP) is 3.13. The number of cyclic esters (lactones) is 1. The Morgan fingerprint density at radius 2 is 1.82 bits per heavy atom. The average Bonchev–Trinajstić information content (AvgIpc) is 3.60. The minimum absolute atomic E-state index is 0.00434. The molecule has 57 heavy (non-hydrogen) atoms. The molecule has 4 rings (SSSR count). The predicted molar refractivity (Wildman–Crippen MR) is 207 cm³/mol. The Balaban J connectivity index is 1.92. The highest BCUT2D eigenvalue weighted by atomic mass is 32.1. The summed E-state index contributed by atoms with van der Waals surface area (Å²) in [6, 6.07) is 2.83. The number of aliphatic imine (C=N–C) groups is 1. The fraction of sp³-hybridized carbons (Fsp3) is 0.744.